The van der Waals surface area contributed by atoms with Crippen molar-refractivity contribution in [3.8, 4) is 5.75 Å². The Balaban J connectivity index is 2.52. The van der Waals surface area contributed by atoms with E-state index >= 15 is 0 Å². The van der Waals surface area contributed by atoms with Gasteiger partial charge in [0, 0.05) is 5.02 Å². The number of halogens is 1. The zero-order chi connectivity index (χ0) is 16.5. The number of sulfonamides is 1. The smallest absolute Gasteiger partial charge is 0.337 e. The maximum atomic E-state index is 12.3. The van der Waals surface area contributed by atoms with E-state index in [1.165, 1.54) is 30.3 Å². The van der Waals surface area contributed by atoms with Crippen LogP contribution in [0.25, 0.3) is 0 Å². The molecule has 0 aliphatic heterocycles. The molecule has 0 radical (unpaired) electrons. The van der Waals surface area contributed by atoms with Gasteiger partial charge in [0.05, 0.1) is 16.9 Å². The maximum Gasteiger partial charge on any atom is 0.337 e. The molecule has 0 saturated carbocycles. The SMILES string of the molecule is Nc1cc(Cl)cc(S(=O)(=O)Nc2ccccc2C(=O)O)c1O. The quantitative estimate of drug-likeness (QED) is 0.497. The Morgan fingerprint density at radius 2 is 1.86 bits per heavy atom. The van der Waals surface area contributed by atoms with E-state index in [1.807, 2.05) is 0 Å². The van der Waals surface area contributed by atoms with E-state index in [9.17, 15) is 18.3 Å². The summed E-state index contributed by atoms with van der Waals surface area (Å²) in [4.78, 5) is 10.6. The molecule has 0 spiro atoms. The highest BCUT2D eigenvalue weighted by Crippen LogP contribution is 2.33. The summed E-state index contributed by atoms with van der Waals surface area (Å²) in [6, 6.07) is 7.66. The van der Waals surface area contributed by atoms with Crippen LogP contribution < -0.4 is 10.5 Å². The van der Waals surface area contributed by atoms with Crippen molar-refractivity contribution in [3.63, 3.8) is 0 Å². The number of nitrogens with one attached hydrogen (secondary N) is 1. The lowest BCUT2D eigenvalue weighted by molar-refractivity contribution is 0.0698. The van der Waals surface area contributed by atoms with Crippen molar-refractivity contribution in [2.24, 2.45) is 0 Å². The zero-order valence-corrected chi connectivity index (χ0v) is 12.5. The second-order valence-electron chi connectivity index (χ2n) is 4.30. The molecule has 2 aromatic carbocycles. The summed E-state index contributed by atoms with van der Waals surface area (Å²) >= 11 is 5.74. The van der Waals surface area contributed by atoms with E-state index in [1.54, 1.807) is 0 Å². The van der Waals surface area contributed by atoms with Crippen LogP contribution in [-0.2, 0) is 10.0 Å². The Kier molecular flexibility index (Phi) is 4.16. The van der Waals surface area contributed by atoms with Crippen molar-refractivity contribution in [3.05, 3.63) is 47.0 Å². The average molecular weight is 343 g/mol. The van der Waals surface area contributed by atoms with Crippen molar-refractivity contribution in [1.29, 1.82) is 0 Å². The van der Waals surface area contributed by atoms with E-state index in [-0.39, 0.29) is 22.0 Å². The minimum absolute atomic E-state index is 0.0159. The number of benzene rings is 2. The van der Waals surface area contributed by atoms with Crippen molar-refractivity contribution in [2.75, 3.05) is 10.5 Å². The molecule has 9 heteroatoms. The van der Waals surface area contributed by atoms with Crippen LogP contribution >= 0.6 is 11.6 Å². The molecular formula is C13H11ClN2O5S. The number of phenolic OH excluding ortho intramolecular Hbond substituents is 1. The van der Waals surface area contributed by atoms with Gasteiger partial charge < -0.3 is 15.9 Å². The minimum Gasteiger partial charge on any atom is -0.504 e. The van der Waals surface area contributed by atoms with E-state index in [4.69, 9.17) is 22.4 Å². The standard InChI is InChI=1S/C13H11ClN2O5S/c14-7-5-9(15)12(17)11(6-7)22(20,21)16-10-4-2-1-3-8(10)13(18)19/h1-6,16-17H,15H2,(H,18,19). The molecule has 116 valence electrons. The molecule has 0 aliphatic rings. The highest BCUT2D eigenvalue weighted by molar-refractivity contribution is 7.92. The van der Waals surface area contributed by atoms with Gasteiger partial charge in [-0.25, -0.2) is 13.2 Å². The summed E-state index contributed by atoms with van der Waals surface area (Å²) < 4.78 is 26.7. The molecule has 0 aromatic heterocycles. The van der Waals surface area contributed by atoms with E-state index in [2.05, 4.69) is 4.72 Å². The van der Waals surface area contributed by atoms with Gasteiger partial charge in [-0.15, -0.1) is 0 Å². The molecule has 7 nitrogen and oxygen atoms in total. The molecule has 0 fully saturated rings. The largest absolute Gasteiger partial charge is 0.504 e. The number of para-hydroxylation sites is 1. The fourth-order valence-corrected chi connectivity index (χ4v) is 3.28. The first-order valence-corrected chi connectivity index (χ1v) is 7.71. The first-order valence-electron chi connectivity index (χ1n) is 5.85. The molecule has 2 rings (SSSR count). The van der Waals surface area contributed by atoms with Gasteiger partial charge in [-0.3, -0.25) is 4.72 Å². The van der Waals surface area contributed by atoms with Crippen LogP contribution in [0, 0.1) is 0 Å². The average Bonchev–Trinajstić information content (AvgIpc) is 2.42. The molecule has 5 N–H and O–H groups in total. The number of carboxylic acid groups (broad SMARTS) is 1. The third-order valence-corrected chi connectivity index (χ3v) is 4.36. The molecule has 0 atom stereocenters. The number of carboxylic acids is 1. The van der Waals surface area contributed by atoms with Gasteiger partial charge in [0.1, 0.15) is 4.90 Å². The third kappa shape index (κ3) is 3.07. The first-order chi connectivity index (χ1) is 10.2. The van der Waals surface area contributed by atoms with Crippen LogP contribution in [0.5, 0.6) is 5.75 Å². The molecule has 2 aromatic rings. The molecule has 0 bridgehead atoms. The van der Waals surface area contributed by atoms with Crippen LogP contribution in [0.1, 0.15) is 10.4 Å². The van der Waals surface area contributed by atoms with Crippen LogP contribution in [0.4, 0.5) is 11.4 Å². The number of carbonyl (C=O) groups is 1. The van der Waals surface area contributed by atoms with Crippen LogP contribution in [0.2, 0.25) is 5.02 Å². The van der Waals surface area contributed by atoms with Gasteiger partial charge in [-0.05, 0) is 24.3 Å². The molecule has 0 amide bonds. The van der Waals surface area contributed by atoms with Crippen molar-refractivity contribution in [1.82, 2.24) is 0 Å². The summed E-state index contributed by atoms with van der Waals surface area (Å²) in [7, 11) is -4.27. The molecule has 0 aliphatic carbocycles. The summed E-state index contributed by atoms with van der Waals surface area (Å²) in [6.45, 7) is 0. The van der Waals surface area contributed by atoms with Crippen molar-refractivity contribution >= 4 is 39.0 Å². The fourth-order valence-electron chi connectivity index (χ4n) is 1.76. The predicted molar refractivity (Wildman–Crippen MR) is 81.7 cm³/mol. The summed E-state index contributed by atoms with van der Waals surface area (Å²) in [5, 5.41) is 18.9. The highest BCUT2D eigenvalue weighted by atomic mass is 35.5. The van der Waals surface area contributed by atoms with Gasteiger partial charge >= 0.3 is 5.97 Å². The molecule has 0 saturated heterocycles. The minimum atomic E-state index is -4.27. The molecular weight excluding hydrogens is 332 g/mol. The van der Waals surface area contributed by atoms with Crippen LogP contribution in [0.15, 0.2) is 41.3 Å². The number of hydrogen-bond acceptors (Lipinski definition) is 5. The van der Waals surface area contributed by atoms with Gasteiger partial charge in [-0.2, -0.15) is 0 Å². The number of anilines is 2. The lowest BCUT2D eigenvalue weighted by Crippen LogP contribution is -2.16. The summed E-state index contributed by atoms with van der Waals surface area (Å²) in [5.74, 6) is -1.96. The number of aromatic hydroxyl groups is 1. The summed E-state index contributed by atoms with van der Waals surface area (Å²) in [6.07, 6.45) is 0. The molecule has 0 unspecified atom stereocenters. The Morgan fingerprint density at radius 1 is 1.23 bits per heavy atom. The highest BCUT2D eigenvalue weighted by Gasteiger charge is 2.23. The van der Waals surface area contributed by atoms with Gasteiger partial charge in [0.25, 0.3) is 10.0 Å². The molecule has 0 heterocycles. The molecule has 22 heavy (non-hydrogen) atoms. The lowest BCUT2D eigenvalue weighted by Gasteiger charge is -2.12. The normalized spacial score (nSPS) is 11.1. The maximum absolute atomic E-state index is 12.3. The Labute approximate surface area is 131 Å². The van der Waals surface area contributed by atoms with Gasteiger partial charge in [0.2, 0.25) is 0 Å². The number of nitrogen functional groups attached to an aromatic ring is 1. The first kappa shape index (κ1) is 15.9. The number of aromatic carboxylic acids is 1. The van der Waals surface area contributed by atoms with Crippen molar-refractivity contribution < 1.29 is 23.4 Å². The van der Waals surface area contributed by atoms with E-state index in [0.29, 0.717) is 0 Å². The predicted octanol–water partition coefficient (Wildman–Crippen LogP) is 2.13. The number of phenols is 1. The number of nitrogens with two attached hydrogens (primary N) is 1. The fraction of sp³-hybridized carbons (Fsp3) is 0. The second-order valence-corrected chi connectivity index (χ2v) is 6.39. The topological polar surface area (TPSA) is 130 Å². The number of hydrogen-bond donors (Lipinski definition) is 4. The number of rotatable bonds is 4. The van der Waals surface area contributed by atoms with E-state index in [0.717, 1.165) is 6.07 Å². The Hall–Kier alpha value is -2.45. The van der Waals surface area contributed by atoms with Crippen LogP contribution in [-0.4, -0.2) is 24.6 Å². The van der Waals surface area contributed by atoms with Crippen LogP contribution in [0.3, 0.4) is 0 Å². The second kappa shape index (κ2) is 5.74. The third-order valence-electron chi connectivity index (χ3n) is 2.76. The monoisotopic (exact) mass is 342 g/mol. The zero-order valence-electron chi connectivity index (χ0n) is 10.9. The summed E-state index contributed by atoms with van der Waals surface area (Å²) in [5.41, 5.74) is 4.88. The van der Waals surface area contributed by atoms with Gasteiger partial charge in [0.15, 0.2) is 5.75 Å². The Bertz CT molecular complexity index is 852. The van der Waals surface area contributed by atoms with E-state index < -0.39 is 26.6 Å². The lowest BCUT2D eigenvalue weighted by atomic mass is 10.2. The Morgan fingerprint density at radius 3 is 2.50 bits per heavy atom. The van der Waals surface area contributed by atoms with Crippen molar-refractivity contribution in [2.45, 2.75) is 4.90 Å². The van der Waals surface area contributed by atoms with Gasteiger partial charge in [-0.1, -0.05) is 23.7 Å².